The van der Waals surface area contributed by atoms with Crippen molar-refractivity contribution in [1.82, 2.24) is 0 Å². The summed E-state index contributed by atoms with van der Waals surface area (Å²) in [6, 6.07) is 0. The van der Waals surface area contributed by atoms with Crippen LogP contribution in [-0.4, -0.2) is 147 Å². The summed E-state index contributed by atoms with van der Waals surface area (Å²) in [5.41, 5.74) is 0.680. The van der Waals surface area contributed by atoms with Gasteiger partial charge in [0.1, 0.15) is 6.10 Å². The van der Waals surface area contributed by atoms with Crippen molar-refractivity contribution in [2.24, 2.45) is 11.8 Å². The molecule has 0 fully saturated rings. The zero-order valence-corrected chi connectivity index (χ0v) is 41.6. The van der Waals surface area contributed by atoms with Crippen molar-refractivity contribution in [2.45, 2.75) is 268 Å². The molecule has 0 aromatic carbocycles. The molecule has 0 aromatic heterocycles. The minimum Gasteiger partial charge on any atom is -0.458 e. The fourth-order valence-corrected chi connectivity index (χ4v) is 8.57. The first-order chi connectivity index (χ1) is 31.8. The highest BCUT2D eigenvalue weighted by Gasteiger charge is 2.28. The van der Waals surface area contributed by atoms with Crippen molar-refractivity contribution in [3.8, 4) is 0 Å². The predicted octanol–water partition coefficient (Wildman–Crippen LogP) is 5.90. The third-order valence-electron chi connectivity index (χ3n) is 13.2. The summed E-state index contributed by atoms with van der Waals surface area (Å²) in [7, 11) is 0. The Morgan fingerprint density at radius 2 is 1.10 bits per heavy atom. The second-order valence-electron chi connectivity index (χ2n) is 20.0. The average molecular weight is 957 g/mol. The second kappa shape index (κ2) is 37.7. The molecule has 0 bridgehead atoms. The van der Waals surface area contributed by atoms with Crippen LogP contribution in [0.1, 0.15) is 188 Å². The molecule has 14 nitrogen and oxygen atoms in total. The summed E-state index contributed by atoms with van der Waals surface area (Å²) < 4.78 is 5.89. The molecule has 0 aromatic rings. The van der Waals surface area contributed by atoms with E-state index in [9.17, 15) is 66.1 Å². The van der Waals surface area contributed by atoms with Crippen LogP contribution in [0.15, 0.2) is 48.1 Å². The predicted molar refractivity (Wildman–Crippen MR) is 263 cm³/mol. The number of carbonyl (C=O) groups is 1. The van der Waals surface area contributed by atoms with E-state index >= 15 is 0 Å². The SMILES string of the molecule is CC1=C\C[C@H](O)C[C@@H](O)C[C@H](O)C[C@@H](O)C[C@H](O)C[C@@H](O)[C@@H](C)[C@H](O)/C=C/C[C@H](O)CCC[C@H](O)CCC[C@H](O)CCCCCC/C=C/C[C@@H]([C@@H](C)[C@H](O)CCCCC[C@@H](C)O)OC(=O)\C=C\1. The van der Waals surface area contributed by atoms with E-state index in [0.29, 0.717) is 69.8 Å². The van der Waals surface area contributed by atoms with E-state index in [1.807, 2.05) is 13.0 Å². The number of rotatable bonds is 8. The van der Waals surface area contributed by atoms with Crippen molar-refractivity contribution in [3.63, 3.8) is 0 Å². The summed E-state index contributed by atoms with van der Waals surface area (Å²) in [6.45, 7) is 7.04. The van der Waals surface area contributed by atoms with Gasteiger partial charge in [-0.15, -0.1) is 0 Å². The van der Waals surface area contributed by atoms with Gasteiger partial charge in [-0.05, 0) is 129 Å². The molecular formula is C53H96O14. The van der Waals surface area contributed by atoms with Gasteiger partial charge in [-0.3, -0.25) is 0 Å². The van der Waals surface area contributed by atoms with Gasteiger partial charge >= 0.3 is 5.97 Å². The average Bonchev–Trinajstić information content (AvgIpc) is 3.24. The van der Waals surface area contributed by atoms with E-state index in [1.54, 1.807) is 39.0 Å². The number of ether oxygens (including phenoxy) is 1. The zero-order valence-electron chi connectivity index (χ0n) is 41.6. The molecule has 1 aliphatic heterocycles. The normalized spacial score (nSPS) is 35.8. The van der Waals surface area contributed by atoms with E-state index in [4.69, 9.17) is 4.74 Å². The number of aliphatic hydroxyl groups excluding tert-OH is 12. The fourth-order valence-electron chi connectivity index (χ4n) is 8.57. The van der Waals surface area contributed by atoms with E-state index in [-0.39, 0.29) is 57.0 Å². The molecule has 0 saturated carbocycles. The molecule has 12 N–H and O–H groups in total. The molecule has 0 spiro atoms. The lowest BCUT2D eigenvalue weighted by molar-refractivity contribution is -0.147. The Labute approximate surface area is 403 Å². The van der Waals surface area contributed by atoms with Crippen LogP contribution in [0, 0.1) is 11.8 Å². The van der Waals surface area contributed by atoms with Gasteiger partial charge in [0, 0.05) is 24.3 Å². The Morgan fingerprint density at radius 3 is 1.72 bits per heavy atom. The molecule has 0 saturated heterocycles. The van der Waals surface area contributed by atoms with E-state index in [1.165, 1.54) is 12.2 Å². The first-order valence-corrected chi connectivity index (χ1v) is 25.8. The number of aliphatic hydroxyl groups is 12. The molecule has 0 radical (unpaired) electrons. The number of unbranched alkanes of at least 4 members (excludes halogenated alkanes) is 2. The second-order valence-corrected chi connectivity index (χ2v) is 20.0. The summed E-state index contributed by atoms with van der Waals surface area (Å²) in [5.74, 6) is -1.55. The van der Waals surface area contributed by atoms with Gasteiger partial charge in [-0.1, -0.05) is 94.4 Å². The van der Waals surface area contributed by atoms with Crippen LogP contribution < -0.4 is 0 Å². The third-order valence-corrected chi connectivity index (χ3v) is 13.2. The topological polar surface area (TPSA) is 269 Å². The van der Waals surface area contributed by atoms with Crippen molar-refractivity contribution in [3.05, 3.63) is 48.1 Å². The van der Waals surface area contributed by atoms with Gasteiger partial charge in [0.05, 0.1) is 73.2 Å². The lowest BCUT2D eigenvalue weighted by Crippen LogP contribution is -2.33. The van der Waals surface area contributed by atoms with E-state index in [2.05, 4.69) is 6.08 Å². The molecule has 0 aliphatic carbocycles. The van der Waals surface area contributed by atoms with E-state index in [0.717, 1.165) is 51.4 Å². The minimum atomic E-state index is -1.14. The Kier molecular flexibility index (Phi) is 35.5. The van der Waals surface area contributed by atoms with Gasteiger partial charge in [0.15, 0.2) is 0 Å². The highest BCUT2D eigenvalue weighted by atomic mass is 16.5. The van der Waals surface area contributed by atoms with Gasteiger partial charge in [-0.25, -0.2) is 4.79 Å². The monoisotopic (exact) mass is 957 g/mol. The molecule has 14 heteroatoms. The Bertz CT molecular complexity index is 1350. The van der Waals surface area contributed by atoms with Gasteiger partial charge in [-0.2, -0.15) is 0 Å². The molecule has 0 amide bonds. The van der Waals surface area contributed by atoms with E-state index < -0.39 is 85.1 Å². The van der Waals surface area contributed by atoms with Crippen molar-refractivity contribution in [1.29, 1.82) is 0 Å². The lowest BCUT2D eigenvalue weighted by atomic mass is 9.91. The summed E-state index contributed by atoms with van der Waals surface area (Å²) >= 11 is 0. The summed E-state index contributed by atoms with van der Waals surface area (Å²) in [6.07, 6.45) is 14.2. The van der Waals surface area contributed by atoms with Crippen LogP contribution in [0.5, 0.6) is 0 Å². The maximum Gasteiger partial charge on any atom is 0.331 e. The quantitative estimate of drug-likeness (QED) is 0.0768. The van der Waals surface area contributed by atoms with Crippen molar-refractivity contribution >= 4 is 5.97 Å². The molecule has 0 unspecified atom stereocenters. The van der Waals surface area contributed by atoms with Crippen LogP contribution in [0.2, 0.25) is 0 Å². The Balaban J connectivity index is 2.95. The highest BCUT2D eigenvalue weighted by molar-refractivity contribution is 5.82. The van der Waals surface area contributed by atoms with Crippen molar-refractivity contribution < 1.29 is 70.8 Å². The van der Waals surface area contributed by atoms with Crippen LogP contribution in [0.3, 0.4) is 0 Å². The Hall–Kier alpha value is -2.05. The molecule has 67 heavy (non-hydrogen) atoms. The molecule has 1 heterocycles. The zero-order chi connectivity index (χ0) is 50.1. The number of carbonyl (C=O) groups excluding carboxylic acids is 1. The summed E-state index contributed by atoms with van der Waals surface area (Å²) in [5, 5.41) is 126. The van der Waals surface area contributed by atoms with Crippen LogP contribution >= 0.6 is 0 Å². The fraction of sp³-hybridized carbons (Fsp3) is 0.830. The first-order valence-electron chi connectivity index (χ1n) is 25.8. The van der Waals surface area contributed by atoms with Crippen LogP contribution in [0.4, 0.5) is 0 Å². The number of esters is 1. The highest BCUT2D eigenvalue weighted by Crippen LogP contribution is 2.24. The number of hydrogen-bond donors (Lipinski definition) is 12. The van der Waals surface area contributed by atoms with Gasteiger partial charge in [0.2, 0.25) is 0 Å². The molecule has 392 valence electrons. The first kappa shape index (κ1) is 63.0. The molecule has 1 aliphatic rings. The third kappa shape index (κ3) is 33.2. The standard InChI is InChI=1S/C53H96O14/c1-37-28-30-44(58)32-45(59)33-46(60)34-47(61)35-48(62)36-51(65)39(3)49(63)26-17-24-43(57)23-16-22-42(56)21-15-20-41(55)19-12-8-6-5-7-9-14-27-52(67-53(66)31-29-37)40(4)50(64)25-13-10-11-18-38(2)54/h9,14,17,26,28-29,31,38-52,54-65H,5-8,10-13,15-16,18-25,27,30,32-36H2,1-4H3/b14-9+,26-17+,31-29+,37-28+/t38-,39+,40+,41-,42-,43-,44+,45-,46+,47-,48+,49-,50-,51-,52+/m1/s1. The lowest BCUT2D eigenvalue weighted by Gasteiger charge is -2.27. The Morgan fingerprint density at radius 1 is 0.567 bits per heavy atom. The largest absolute Gasteiger partial charge is 0.458 e. The summed E-state index contributed by atoms with van der Waals surface area (Å²) in [4.78, 5) is 13.0. The van der Waals surface area contributed by atoms with Gasteiger partial charge in [0.25, 0.3) is 0 Å². The van der Waals surface area contributed by atoms with Crippen LogP contribution in [-0.2, 0) is 9.53 Å². The molecule has 1 rings (SSSR count). The van der Waals surface area contributed by atoms with Crippen LogP contribution in [0.25, 0.3) is 0 Å². The number of allylic oxidation sites excluding steroid dienone is 3. The van der Waals surface area contributed by atoms with Crippen molar-refractivity contribution in [2.75, 3.05) is 0 Å². The number of hydrogen-bond acceptors (Lipinski definition) is 14. The smallest absolute Gasteiger partial charge is 0.331 e. The maximum atomic E-state index is 13.0. The molecular weight excluding hydrogens is 861 g/mol. The minimum absolute atomic E-state index is 0.0463. The number of cyclic esters (lactones) is 1. The van der Waals surface area contributed by atoms with Gasteiger partial charge < -0.3 is 66.0 Å². The maximum absolute atomic E-state index is 13.0. The molecule has 15 atom stereocenters.